The number of esters is 1. The quantitative estimate of drug-likeness (QED) is 0.0704. The third-order valence-corrected chi connectivity index (χ3v) is 7.85. The number of aliphatic carboxylic acids is 1. The fourth-order valence-electron chi connectivity index (χ4n) is 5.26. The van der Waals surface area contributed by atoms with Gasteiger partial charge in [-0.1, -0.05) is 174 Å². The van der Waals surface area contributed by atoms with Crippen molar-refractivity contribution < 1.29 is 19.4 Å². The Labute approximate surface area is 237 Å². The van der Waals surface area contributed by atoms with Crippen molar-refractivity contribution in [3.05, 3.63) is 0 Å². The number of carbonyl (C=O) groups excluding carboxylic acids is 1. The molecule has 0 heterocycles. The van der Waals surface area contributed by atoms with E-state index in [-0.39, 0.29) is 5.97 Å². The van der Waals surface area contributed by atoms with Crippen molar-refractivity contribution in [3.8, 4) is 0 Å². The Morgan fingerprint density at radius 2 is 0.763 bits per heavy atom. The van der Waals surface area contributed by atoms with E-state index in [4.69, 9.17) is 4.74 Å². The maximum Gasteiger partial charge on any atom is 0.345 e. The second-order valence-electron chi connectivity index (χ2n) is 11.7. The van der Waals surface area contributed by atoms with Crippen molar-refractivity contribution >= 4 is 11.9 Å². The summed E-state index contributed by atoms with van der Waals surface area (Å²) in [6, 6.07) is 0. The third kappa shape index (κ3) is 28.0. The van der Waals surface area contributed by atoms with Gasteiger partial charge in [-0.3, -0.25) is 4.79 Å². The second kappa shape index (κ2) is 30.5. The van der Waals surface area contributed by atoms with Gasteiger partial charge in [0.25, 0.3) is 0 Å². The highest BCUT2D eigenvalue weighted by molar-refractivity contribution is 5.77. The number of carboxylic acid groups (broad SMARTS) is 1. The fraction of sp³-hybridized carbons (Fsp3) is 0.941. The van der Waals surface area contributed by atoms with Crippen LogP contribution >= 0.6 is 0 Å². The minimum absolute atomic E-state index is 0.345. The van der Waals surface area contributed by atoms with Crippen LogP contribution in [0.4, 0.5) is 0 Å². The zero-order chi connectivity index (χ0) is 27.9. The molecule has 0 aromatic heterocycles. The standard InChI is InChI=1S/C34H66O4/c1-3-5-7-9-11-13-14-15-16-17-18-19-20-21-23-24-26-28-30-32(34(36)37)38-33(35)31-29-27-25-22-12-10-8-6-4-2/h32H,3-31H2,1-2H3,(H,36,37). The molecule has 0 rings (SSSR count). The van der Waals surface area contributed by atoms with Crippen molar-refractivity contribution in [2.24, 2.45) is 0 Å². The topological polar surface area (TPSA) is 63.6 Å². The van der Waals surface area contributed by atoms with Gasteiger partial charge in [0.05, 0.1) is 0 Å². The lowest BCUT2D eigenvalue weighted by Crippen LogP contribution is -2.27. The Balaban J connectivity index is 3.50. The van der Waals surface area contributed by atoms with Crippen LogP contribution in [0.5, 0.6) is 0 Å². The van der Waals surface area contributed by atoms with E-state index < -0.39 is 12.1 Å². The predicted octanol–water partition coefficient (Wildman–Crippen LogP) is 11.3. The van der Waals surface area contributed by atoms with Gasteiger partial charge in [0.1, 0.15) is 0 Å². The van der Waals surface area contributed by atoms with Crippen molar-refractivity contribution in [2.75, 3.05) is 0 Å². The van der Waals surface area contributed by atoms with E-state index >= 15 is 0 Å². The monoisotopic (exact) mass is 538 g/mol. The highest BCUT2D eigenvalue weighted by Crippen LogP contribution is 2.16. The zero-order valence-corrected chi connectivity index (χ0v) is 25.8. The molecule has 0 fully saturated rings. The van der Waals surface area contributed by atoms with Crippen LogP contribution in [0.2, 0.25) is 0 Å². The molecule has 1 N–H and O–H groups in total. The van der Waals surface area contributed by atoms with E-state index in [1.165, 1.54) is 135 Å². The van der Waals surface area contributed by atoms with Crippen molar-refractivity contribution in [3.63, 3.8) is 0 Å². The zero-order valence-electron chi connectivity index (χ0n) is 25.8. The molecule has 0 radical (unpaired) electrons. The number of ether oxygens (including phenoxy) is 1. The molecule has 0 bridgehead atoms. The first-order chi connectivity index (χ1) is 18.6. The molecule has 0 amide bonds. The Morgan fingerprint density at radius 3 is 1.08 bits per heavy atom. The van der Waals surface area contributed by atoms with Gasteiger partial charge in [0, 0.05) is 6.42 Å². The summed E-state index contributed by atoms with van der Waals surface area (Å²) >= 11 is 0. The molecule has 0 aromatic carbocycles. The van der Waals surface area contributed by atoms with E-state index in [1.807, 2.05) is 0 Å². The van der Waals surface area contributed by atoms with Crippen LogP contribution in [-0.4, -0.2) is 23.1 Å². The van der Waals surface area contributed by atoms with Gasteiger partial charge < -0.3 is 9.84 Å². The highest BCUT2D eigenvalue weighted by atomic mass is 16.6. The maximum absolute atomic E-state index is 12.1. The van der Waals surface area contributed by atoms with Crippen molar-refractivity contribution in [1.82, 2.24) is 0 Å². The first-order valence-electron chi connectivity index (χ1n) is 17.0. The molecule has 38 heavy (non-hydrogen) atoms. The molecule has 0 saturated heterocycles. The summed E-state index contributed by atoms with van der Waals surface area (Å²) in [5.74, 6) is -1.35. The average molecular weight is 539 g/mol. The smallest absolute Gasteiger partial charge is 0.345 e. The minimum atomic E-state index is -1.00. The van der Waals surface area contributed by atoms with Crippen molar-refractivity contribution in [1.29, 1.82) is 0 Å². The van der Waals surface area contributed by atoms with Gasteiger partial charge in [0.2, 0.25) is 0 Å². The van der Waals surface area contributed by atoms with E-state index in [2.05, 4.69) is 13.8 Å². The number of carboxylic acids is 1. The molecular weight excluding hydrogens is 472 g/mol. The fourth-order valence-corrected chi connectivity index (χ4v) is 5.26. The summed E-state index contributed by atoms with van der Waals surface area (Å²) in [5.41, 5.74) is 0. The third-order valence-electron chi connectivity index (χ3n) is 7.85. The van der Waals surface area contributed by atoms with Gasteiger partial charge in [0.15, 0.2) is 6.10 Å². The largest absolute Gasteiger partial charge is 0.479 e. The number of unbranched alkanes of at least 4 members (excludes halogenated alkanes) is 25. The van der Waals surface area contributed by atoms with Gasteiger partial charge >= 0.3 is 11.9 Å². The van der Waals surface area contributed by atoms with Crippen LogP contribution < -0.4 is 0 Å². The molecule has 1 atom stereocenters. The molecule has 4 nitrogen and oxygen atoms in total. The molecule has 0 spiro atoms. The number of rotatable bonds is 31. The van der Waals surface area contributed by atoms with Gasteiger partial charge in [-0.25, -0.2) is 4.79 Å². The summed E-state index contributed by atoms with van der Waals surface area (Å²) in [6.07, 6.45) is 34.2. The maximum atomic E-state index is 12.1. The molecule has 226 valence electrons. The van der Waals surface area contributed by atoms with Crippen LogP contribution in [-0.2, 0) is 14.3 Å². The van der Waals surface area contributed by atoms with E-state index in [0.717, 1.165) is 38.5 Å². The predicted molar refractivity (Wildman–Crippen MR) is 163 cm³/mol. The summed E-state index contributed by atoms with van der Waals surface area (Å²) < 4.78 is 5.28. The van der Waals surface area contributed by atoms with E-state index in [1.54, 1.807) is 0 Å². The highest BCUT2D eigenvalue weighted by Gasteiger charge is 2.21. The first kappa shape index (κ1) is 36.9. The number of hydrogen-bond acceptors (Lipinski definition) is 3. The normalized spacial score (nSPS) is 12.1. The lowest BCUT2D eigenvalue weighted by Gasteiger charge is -2.13. The van der Waals surface area contributed by atoms with E-state index in [9.17, 15) is 14.7 Å². The summed E-state index contributed by atoms with van der Waals surface area (Å²) in [4.78, 5) is 23.6. The Hall–Kier alpha value is -1.06. The molecule has 0 saturated carbocycles. The molecule has 0 aliphatic heterocycles. The molecule has 0 aliphatic carbocycles. The molecular formula is C34H66O4. The lowest BCUT2D eigenvalue weighted by atomic mass is 10.0. The van der Waals surface area contributed by atoms with Gasteiger partial charge in [-0.05, 0) is 19.3 Å². The summed E-state index contributed by atoms with van der Waals surface area (Å²) in [7, 11) is 0. The van der Waals surface area contributed by atoms with Crippen LogP contribution in [0.15, 0.2) is 0 Å². The Morgan fingerprint density at radius 1 is 0.474 bits per heavy atom. The minimum Gasteiger partial charge on any atom is -0.479 e. The number of carbonyl (C=O) groups is 2. The van der Waals surface area contributed by atoms with E-state index in [0.29, 0.717) is 12.8 Å². The SMILES string of the molecule is CCCCCCCCCCCCCCCCCCCCC(OC(=O)CCCCCCCCCCC)C(=O)O. The number of hydrogen-bond donors (Lipinski definition) is 1. The van der Waals surface area contributed by atoms with Crippen molar-refractivity contribution in [2.45, 2.75) is 206 Å². The van der Waals surface area contributed by atoms with Gasteiger partial charge in [-0.15, -0.1) is 0 Å². The molecule has 1 unspecified atom stereocenters. The second-order valence-corrected chi connectivity index (χ2v) is 11.7. The van der Waals surface area contributed by atoms with Crippen LogP contribution in [0.25, 0.3) is 0 Å². The Kier molecular flexibility index (Phi) is 29.6. The Bertz CT molecular complexity index is 505. The summed E-state index contributed by atoms with van der Waals surface area (Å²) in [6.45, 7) is 4.51. The average Bonchev–Trinajstić information content (AvgIpc) is 2.90. The summed E-state index contributed by atoms with van der Waals surface area (Å²) in [5, 5.41) is 9.42. The van der Waals surface area contributed by atoms with Crippen LogP contribution in [0, 0.1) is 0 Å². The van der Waals surface area contributed by atoms with Gasteiger partial charge in [-0.2, -0.15) is 0 Å². The molecule has 0 aliphatic rings. The molecule has 4 heteroatoms. The molecule has 0 aromatic rings. The van der Waals surface area contributed by atoms with Crippen LogP contribution in [0.3, 0.4) is 0 Å². The first-order valence-corrected chi connectivity index (χ1v) is 17.0. The lowest BCUT2D eigenvalue weighted by molar-refractivity contribution is -0.164. The van der Waals surface area contributed by atoms with Crippen LogP contribution in [0.1, 0.15) is 200 Å².